The largest absolute Gasteiger partial charge is 0.303 e. The first-order chi connectivity index (χ1) is 6.51. The second-order valence-corrected chi connectivity index (χ2v) is 3.80. The van der Waals surface area contributed by atoms with E-state index in [-0.39, 0.29) is 0 Å². The highest BCUT2D eigenvalue weighted by atomic mass is 15.4. The summed E-state index contributed by atoms with van der Waals surface area (Å²) >= 11 is 0. The fraction of sp³-hybridized carbons (Fsp3) is 0.583. The van der Waals surface area contributed by atoms with Crippen LogP contribution in [0.3, 0.4) is 0 Å². The molecule has 0 aromatic carbocycles. The van der Waals surface area contributed by atoms with Gasteiger partial charge in [-0.05, 0) is 24.0 Å². The lowest BCUT2D eigenvalue weighted by Gasteiger charge is -2.11. The maximum absolute atomic E-state index is 4.44. The maximum atomic E-state index is 4.44. The van der Waals surface area contributed by atoms with Crippen LogP contribution in [0.4, 0.5) is 0 Å². The third kappa shape index (κ3) is 4.85. The molecule has 2 nitrogen and oxygen atoms in total. The van der Waals surface area contributed by atoms with Gasteiger partial charge in [-0.1, -0.05) is 33.4 Å². The number of hydrazone groups is 1. The van der Waals surface area contributed by atoms with Crippen molar-refractivity contribution in [1.29, 1.82) is 0 Å². The van der Waals surface area contributed by atoms with Gasteiger partial charge in [-0.15, -0.1) is 0 Å². The van der Waals surface area contributed by atoms with Gasteiger partial charge in [0.05, 0.1) is 5.71 Å². The zero-order valence-electron chi connectivity index (χ0n) is 10.0. The molecule has 0 N–H and O–H groups in total. The normalized spacial score (nSPS) is 13.3. The summed E-state index contributed by atoms with van der Waals surface area (Å²) in [5.74, 6) is 0.443. The average molecular weight is 194 g/mol. The lowest BCUT2D eigenvalue weighted by Crippen LogP contribution is -2.12. The van der Waals surface area contributed by atoms with Crippen LogP contribution in [0.25, 0.3) is 0 Å². The Morgan fingerprint density at radius 1 is 1.43 bits per heavy atom. The van der Waals surface area contributed by atoms with Crippen LogP contribution >= 0.6 is 0 Å². The molecule has 14 heavy (non-hydrogen) atoms. The maximum Gasteiger partial charge on any atom is 0.0633 e. The number of allylic oxidation sites excluding steroid dienone is 3. The smallest absolute Gasteiger partial charge is 0.0633 e. The number of hydrogen-bond donors (Lipinski definition) is 0. The minimum atomic E-state index is 0.443. The van der Waals surface area contributed by atoms with Crippen LogP contribution in [-0.4, -0.2) is 24.8 Å². The summed E-state index contributed by atoms with van der Waals surface area (Å²) in [6, 6.07) is 0. The fourth-order valence-electron chi connectivity index (χ4n) is 1.04. The second kappa shape index (κ2) is 6.41. The summed E-state index contributed by atoms with van der Waals surface area (Å²) in [6.45, 7) is 10.2. The van der Waals surface area contributed by atoms with E-state index in [1.165, 1.54) is 5.57 Å². The minimum absolute atomic E-state index is 0.443. The number of hydrogen-bond acceptors (Lipinski definition) is 2. The van der Waals surface area contributed by atoms with Crippen molar-refractivity contribution in [3.05, 3.63) is 24.3 Å². The zero-order valence-corrected chi connectivity index (χ0v) is 10.0. The predicted octanol–water partition coefficient (Wildman–Crippen LogP) is 3.08. The Hall–Kier alpha value is -1.05. The first-order valence-corrected chi connectivity index (χ1v) is 5.10. The van der Waals surface area contributed by atoms with Crippen molar-refractivity contribution in [3.8, 4) is 0 Å². The highest BCUT2D eigenvalue weighted by molar-refractivity contribution is 5.97. The third-order valence-electron chi connectivity index (χ3n) is 1.91. The molecule has 0 radical (unpaired) electrons. The molecule has 0 unspecified atom stereocenters. The highest BCUT2D eigenvalue weighted by Gasteiger charge is 2.03. The molecule has 0 rings (SSSR count). The Morgan fingerprint density at radius 3 is 2.29 bits per heavy atom. The molecule has 0 aromatic rings. The molecule has 0 bridgehead atoms. The van der Waals surface area contributed by atoms with Crippen molar-refractivity contribution in [2.24, 2.45) is 11.0 Å². The van der Waals surface area contributed by atoms with E-state index in [0.717, 1.165) is 12.1 Å². The summed E-state index contributed by atoms with van der Waals surface area (Å²) in [4.78, 5) is 0. The Kier molecular flexibility index (Phi) is 5.93. The SMILES string of the molecule is C=C/C(=C\C(=N/N(C)C)C(C)C)CC. The van der Waals surface area contributed by atoms with E-state index in [1.54, 1.807) is 0 Å². The van der Waals surface area contributed by atoms with Crippen LogP contribution in [0.1, 0.15) is 27.2 Å². The van der Waals surface area contributed by atoms with Crippen LogP contribution in [-0.2, 0) is 0 Å². The van der Waals surface area contributed by atoms with Crippen molar-refractivity contribution < 1.29 is 0 Å². The van der Waals surface area contributed by atoms with Crippen LogP contribution in [0.15, 0.2) is 29.4 Å². The van der Waals surface area contributed by atoms with Crippen LogP contribution in [0.2, 0.25) is 0 Å². The van der Waals surface area contributed by atoms with Gasteiger partial charge in [-0.25, -0.2) is 0 Å². The van der Waals surface area contributed by atoms with Gasteiger partial charge in [0, 0.05) is 14.1 Å². The molecular formula is C12H22N2. The van der Waals surface area contributed by atoms with Crippen molar-refractivity contribution >= 4 is 5.71 Å². The van der Waals surface area contributed by atoms with E-state index in [4.69, 9.17) is 0 Å². The standard InChI is InChI=1S/C12H22N2/c1-7-11(8-2)9-12(10(3)4)13-14(5)6/h7,9-10H,1,8H2,2-6H3/b11-9+,13-12+. The molecule has 2 heteroatoms. The van der Waals surface area contributed by atoms with E-state index >= 15 is 0 Å². The molecule has 0 fully saturated rings. The molecule has 80 valence electrons. The van der Waals surface area contributed by atoms with Crippen LogP contribution in [0.5, 0.6) is 0 Å². The van der Waals surface area contributed by atoms with Crippen LogP contribution < -0.4 is 0 Å². The Balaban J connectivity index is 4.84. The minimum Gasteiger partial charge on any atom is -0.303 e. The molecule has 0 aliphatic rings. The third-order valence-corrected chi connectivity index (χ3v) is 1.91. The number of rotatable bonds is 5. The fourth-order valence-corrected chi connectivity index (χ4v) is 1.04. The van der Waals surface area contributed by atoms with E-state index < -0.39 is 0 Å². The second-order valence-electron chi connectivity index (χ2n) is 3.80. The topological polar surface area (TPSA) is 15.6 Å². The molecule has 0 spiro atoms. The van der Waals surface area contributed by atoms with Crippen molar-refractivity contribution in [2.75, 3.05) is 14.1 Å². The number of nitrogens with zero attached hydrogens (tertiary/aromatic N) is 2. The molecule has 0 heterocycles. The molecule has 0 aliphatic heterocycles. The van der Waals surface area contributed by atoms with E-state index in [0.29, 0.717) is 5.92 Å². The Morgan fingerprint density at radius 2 is 2.00 bits per heavy atom. The van der Waals surface area contributed by atoms with Gasteiger partial charge >= 0.3 is 0 Å². The molecule has 0 saturated heterocycles. The van der Waals surface area contributed by atoms with Gasteiger partial charge in [0.2, 0.25) is 0 Å². The summed E-state index contributed by atoms with van der Waals surface area (Å²) < 4.78 is 0. The first kappa shape index (κ1) is 12.9. The summed E-state index contributed by atoms with van der Waals surface area (Å²) in [7, 11) is 3.88. The Bertz CT molecular complexity index is 235. The highest BCUT2D eigenvalue weighted by Crippen LogP contribution is 2.07. The lowest BCUT2D eigenvalue weighted by atomic mass is 10.0. The van der Waals surface area contributed by atoms with Crippen molar-refractivity contribution in [3.63, 3.8) is 0 Å². The monoisotopic (exact) mass is 194 g/mol. The van der Waals surface area contributed by atoms with Crippen molar-refractivity contribution in [2.45, 2.75) is 27.2 Å². The predicted molar refractivity (Wildman–Crippen MR) is 64.5 cm³/mol. The van der Waals surface area contributed by atoms with Gasteiger partial charge in [0.25, 0.3) is 0 Å². The first-order valence-electron chi connectivity index (χ1n) is 5.10. The van der Waals surface area contributed by atoms with Crippen molar-refractivity contribution in [1.82, 2.24) is 5.01 Å². The van der Waals surface area contributed by atoms with E-state index in [2.05, 4.69) is 38.5 Å². The summed E-state index contributed by atoms with van der Waals surface area (Å²) in [5.41, 5.74) is 2.34. The summed E-state index contributed by atoms with van der Waals surface area (Å²) in [6.07, 6.45) is 5.02. The van der Waals surface area contributed by atoms with Gasteiger partial charge in [-0.3, -0.25) is 0 Å². The molecule has 0 saturated carbocycles. The molecule has 0 aliphatic carbocycles. The van der Waals surface area contributed by atoms with Crippen LogP contribution in [0, 0.1) is 5.92 Å². The summed E-state index contributed by atoms with van der Waals surface area (Å²) in [5, 5.41) is 6.27. The van der Waals surface area contributed by atoms with E-state index in [1.807, 2.05) is 25.2 Å². The van der Waals surface area contributed by atoms with Gasteiger partial charge in [0.1, 0.15) is 0 Å². The molecular weight excluding hydrogens is 172 g/mol. The average Bonchev–Trinajstić information content (AvgIpc) is 2.11. The van der Waals surface area contributed by atoms with Gasteiger partial charge in [0.15, 0.2) is 0 Å². The Labute approximate surface area is 88.0 Å². The van der Waals surface area contributed by atoms with Gasteiger partial charge in [-0.2, -0.15) is 5.10 Å². The van der Waals surface area contributed by atoms with Gasteiger partial charge < -0.3 is 5.01 Å². The molecule has 0 aromatic heterocycles. The quantitative estimate of drug-likeness (QED) is 0.373. The molecule has 0 amide bonds. The lowest BCUT2D eigenvalue weighted by molar-refractivity contribution is 0.434. The zero-order chi connectivity index (χ0) is 11.1. The van der Waals surface area contributed by atoms with E-state index in [9.17, 15) is 0 Å². The molecule has 0 atom stereocenters.